The van der Waals surface area contributed by atoms with Gasteiger partial charge >= 0.3 is 0 Å². The van der Waals surface area contributed by atoms with E-state index in [9.17, 15) is 13.2 Å². The van der Waals surface area contributed by atoms with Crippen LogP contribution in [0.15, 0.2) is 58.6 Å². The number of nitrogens with zero attached hydrogens (tertiary/aromatic N) is 2. The van der Waals surface area contributed by atoms with Gasteiger partial charge in [0.25, 0.3) is 5.91 Å². The Bertz CT molecular complexity index is 1220. The zero-order chi connectivity index (χ0) is 24.4. The zero-order valence-corrected chi connectivity index (χ0v) is 20.1. The molecule has 0 saturated heterocycles. The Hall–Kier alpha value is -3.37. The molecule has 0 aromatic heterocycles. The van der Waals surface area contributed by atoms with Gasteiger partial charge in [-0.25, -0.2) is 12.7 Å². The number of hydrogen-bond acceptors (Lipinski definition) is 6. The number of nitrogens with two attached hydrogens (primary N) is 1. The van der Waals surface area contributed by atoms with Crippen LogP contribution in [0.4, 0.5) is 0 Å². The maximum absolute atomic E-state index is 12.7. The van der Waals surface area contributed by atoms with Crippen LogP contribution < -0.4 is 20.5 Å². The average molecular weight is 473 g/mol. The molecule has 0 aliphatic carbocycles. The molecule has 0 unspecified atom stereocenters. The number of benzene rings is 2. The molecule has 0 radical (unpaired) electrons. The summed E-state index contributed by atoms with van der Waals surface area (Å²) in [6.45, 7) is 3.88. The van der Waals surface area contributed by atoms with Crippen molar-refractivity contribution in [3.05, 3.63) is 59.8 Å². The third kappa shape index (κ3) is 5.52. The first-order valence-electron chi connectivity index (χ1n) is 10.2. The third-order valence-electron chi connectivity index (χ3n) is 4.89. The van der Waals surface area contributed by atoms with Crippen molar-refractivity contribution in [2.75, 3.05) is 21.1 Å². The number of rotatable bonds is 7. The molecule has 3 rings (SSSR count). The fourth-order valence-corrected chi connectivity index (χ4v) is 4.17. The molecule has 1 amide bonds. The SMILES string of the molecule is CN/C=C\C(N)=NC(=O)c1cc(Oc2ccc(S(=O)(=O)N(C)C)cc2)c2c(c1)OC(C)(C)C2. The normalized spacial score (nSPS) is 15.4. The largest absolute Gasteiger partial charge is 0.487 e. The summed E-state index contributed by atoms with van der Waals surface area (Å²) >= 11 is 0. The highest BCUT2D eigenvalue weighted by Crippen LogP contribution is 2.43. The smallest absolute Gasteiger partial charge is 0.279 e. The van der Waals surface area contributed by atoms with Gasteiger partial charge in [0.2, 0.25) is 10.0 Å². The minimum absolute atomic E-state index is 0.0521. The van der Waals surface area contributed by atoms with E-state index >= 15 is 0 Å². The van der Waals surface area contributed by atoms with Gasteiger partial charge in [0.1, 0.15) is 28.7 Å². The Morgan fingerprint density at radius 2 is 1.91 bits per heavy atom. The molecule has 2 aromatic carbocycles. The molecule has 33 heavy (non-hydrogen) atoms. The molecule has 0 saturated carbocycles. The van der Waals surface area contributed by atoms with Gasteiger partial charge in [0.05, 0.1) is 4.90 Å². The number of hydrogen-bond donors (Lipinski definition) is 2. The Morgan fingerprint density at radius 1 is 1.24 bits per heavy atom. The lowest BCUT2D eigenvalue weighted by atomic mass is 9.99. The maximum Gasteiger partial charge on any atom is 0.279 e. The van der Waals surface area contributed by atoms with E-state index in [1.165, 1.54) is 32.3 Å². The fourth-order valence-electron chi connectivity index (χ4n) is 3.26. The highest BCUT2D eigenvalue weighted by atomic mass is 32.2. The number of ether oxygens (including phenoxy) is 2. The Labute approximate surface area is 194 Å². The summed E-state index contributed by atoms with van der Waals surface area (Å²) in [6, 6.07) is 9.30. The summed E-state index contributed by atoms with van der Waals surface area (Å²) in [7, 11) is 1.09. The first kappa shape index (κ1) is 24.3. The summed E-state index contributed by atoms with van der Waals surface area (Å²) in [4.78, 5) is 16.7. The standard InChI is InChI=1S/C23H28N4O5S/c1-23(2)14-18-19(31-16-6-8-17(9-7-16)33(29,30)27(4)5)12-15(13-20(18)32-23)22(28)26-21(24)10-11-25-3/h6-13,25H,14H2,1-5H3,(H2,24,26,28)/b11-10-. The molecule has 9 nitrogen and oxygen atoms in total. The monoisotopic (exact) mass is 472 g/mol. The number of amidine groups is 1. The summed E-state index contributed by atoms with van der Waals surface area (Å²) in [6.07, 6.45) is 3.62. The summed E-state index contributed by atoms with van der Waals surface area (Å²) in [5.74, 6) is 0.901. The fraction of sp³-hybridized carbons (Fsp3) is 0.304. The van der Waals surface area contributed by atoms with E-state index in [1.54, 1.807) is 37.5 Å². The van der Waals surface area contributed by atoms with Crippen molar-refractivity contribution < 1.29 is 22.7 Å². The van der Waals surface area contributed by atoms with Crippen LogP contribution in [0.5, 0.6) is 17.2 Å². The van der Waals surface area contributed by atoms with E-state index < -0.39 is 21.5 Å². The first-order chi connectivity index (χ1) is 15.4. The van der Waals surface area contributed by atoms with E-state index in [2.05, 4.69) is 10.3 Å². The predicted molar refractivity (Wildman–Crippen MR) is 126 cm³/mol. The molecule has 176 valence electrons. The number of fused-ring (bicyclic) bond motifs is 1. The Balaban J connectivity index is 1.96. The first-order valence-corrected chi connectivity index (χ1v) is 11.7. The van der Waals surface area contributed by atoms with E-state index in [0.29, 0.717) is 23.7 Å². The lowest BCUT2D eigenvalue weighted by Crippen LogP contribution is -2.24. The van der Waals surface area contributed by atoms with Crippen LogP contribution >= 0.6 is 0 Å². The van der Waals surface area contributed by atoms with Crippen LogP contribution in [0.1, 0.15) is 29.8 Å². The van der Waals surface area contributed by atoms with Gasteiger partial charge in [-0.15, -0.1) is 0 Å². The highest BCUT2D eigenvalue weighted by molar-refractivity contribution is 7.89. The van der Waals surface area contributed by atoms with Crippen molar-refractivity contribution in [3.8, 4) is 17.2 Å². The number of amides is 1. The van der Waals surface area contributed by atoms with E-state index in [-0.39, 0.29) is 16.3 Å². The second-order valence-electron chi connectivity index (χ2n) is 8.31. The second kappa shape index (κ2) is 9.24. The Kier molecular flexibility index (Phi) is 6.80. The summed E-state index contributed by atoms with van der Waals surface area (Å²) in [5, 5.41) is 2.78. The predicted octanol–water partition coefficient (Wildman–Crippen LogP) is 2.67. The molecule has 10 heteroatoms. The second-order valence-corrected chi connectivity index (χ2v) is 10.5. The lowest BCUT2D eigenvalue weighted by Gasteiger charge is -2.16. The molecule has 1 aliphatic heterocycles. The van der Waals surface area contributed by atoms with Crippen molar-refractivity contribution in [3.63, 3.8) is 0 Å². The maximum atomic E-state index is 12.7. The van der Waals surface area contributed by atoms with Crippen molar-refractivity contribution in [2.45, 2.75) is 30.8 Å². The number of nitrogens with one attached hydrogen (secondary N) is 1. The minimum Gasteiger partial charge on any atom is -0.487 e. The minimum atomic E-state index is -3.55. The zero-order valence-electron chi connectivity index (χ0n) is 19.2. The molecular weight excluding hydrogens is 444 g/mol. The van der Waals surface area contributed by atoms with Crippen LogP contribution in [-0.4, -0.2) is 51.2 Å². The lowest BCUT2D eigenvalue weighted by molar-refractivity contribution is 0.100. The van der Waals surface area contributed by atoms with Crippen molar-refractivity contribution >= 4 is 21.8 Å². The van der Waals surface area contributed by atoms with E-state index in [0.717, 1.165) is 9.87 Å². The van der Waals surface area contributed by atoms with Crippen LogP contribution in [0, 0.1) is 0 Å². The number of carbonyl (C=O) groups excluding carboxylic acids is 1. The van der Waals surface area contributed by atoms with Gasteiger partial charge in [0, 0.05) is 38.7 Å². The Morgan fingerprint density at radius 3 is 2.52 bits per heavy atom. The number of aliphatic imine (C=N–C) groups is 1. The van der Waals surface area contributed by atoms with Gasteiger partial charge < -0.3 is 20.5 Å². The molecular formula is C23H28N4O5S. The molecule has 3 N–H and O–H groups in total. The molecule has 1 heterocycles. The average Bonchev–Trinajstić information content (AvgIpc) is 3.06. The van der Waals surface area contributed by atoms with E-state index in [1.807, 2.05) is 13.8 Å². The molecule has 0 fully saturated rings. The van der Waals surface area contributed by atoms with Gasteiger partial charge in [-0.05, 0) is 62.5 Å². The molecule has 2 aromatic rings. The molecule has 0 atom stereocenters. The van der Waals surface area contributed by atoms with Crippen molar-refractivity contribution in [1.29, 1.82) is 0 Å². The van der Waals surface area contributed by atoms with Crippen LogP contribution in [0.3, 0.4) is 0 Å². The third-order valence-corrected chi connectivity index (χ3v) is 6.71. The van der Waals surface area contributed by atoms with Crippen molar-refractivity contribution in [2.24, 2.45) is 10.7 Å². The summed E-state index contributed by atoms with van der Waals surface area (Å²) < 4.78 is 37.8. The van der Waals surface area contributed by atoms with Gasteiger partial charge in [-0.3, -0.25) is 4.79 Å². The number of sulfonamides is 1. The van der Waals surface area contributed by atoms with E-state index in [4.69, 9.17) is 15.2 Å². The van der Waals surface area contributed by atoms with Gasteiger partial charge in [-0.2, -0.15) is 4.99 Å². The molecule has 1 aliphatic rings. The van der Waals surface area contributed by atoms with Gasteiger partial charge in [-0.1, -0.05) is 0 Å². The topological polar surface area (TPSA) is 123 Å². The van der Waals surface area contributed by atoms with Crippen LogP contribution in [0.25, 0.3) is 0 Å². The summed E-state index contributed by atoms with van der Waals surface area (Å²) in [5.41, 5.74) is 6.38. The molecule has 0 bridgehead atoms. The number of carbonyl (C=O) groups is 1. The quantitative estimate of drug-likeness (QED) is 0.469. The molecule has 0 spiro atoms. The van der Waals surface area contributed by atoms with Crippen LogP contribution in [-0.2, 0) is 16.4 Å². The highest BCUT2D eigenvalue weighted by Gasteiger charge is 2.34. The van der Waals surface area contributed by atoms with Crippen LogP contribution in [0.2, 0.25) is 0 Å². The van der Waals surface area contributed by atoms with Gasteiger partial charge in [0.15, 0.2) is 0 Å². The van der Waals surface area contributed by atoms with Crippen molar-refractivity contribution in [1.82, 2.24) is 9.62 Å².